The van der Waals surface area contributed by atoms with Crippen molar-refractivity contribution in [2.45, 2.75) is 13.0 Å². The summed E-state index contributed by atoms with van der Waals surface area (Å²) in [5.74, 6) is -0.812. The Hall–Kier alpha value is -1.70. The molecule has 0 aliphatic heterocycles. The number of carbonyl (C=O) groups is 1. The molecule has 3 N–H and O–H groups in total. The fourth-order valence-corrected chi connectivity index (χ4v) is 1.49. The molecule has 1 aromatic carbocycles. The van der Waals surface area contributed by atoms with Crippen molar-refractivity contribution in [1.82, 2.24) is 0 Å². The van der Waals surface area contributed by atoms with Gasteiger partial charge in [-0.25, -0.2) is 4.39 Å². The number of anilines is 2. The zero-order valence-corrected chi connectivity index (χ0v) is 12.2. The maximum absolute atomic E-state index is 12.9. The lowest BCUT2D eigenvalue weighted by Gasteiger charge is -2.14. The van der Waals surface area contributed by atoms with Crippen LogP contribution >= 0.6 is 0 Å². The smallest absolute Gasteiger partial charge is 0.253 e. The molecule has 0 aliphatic carbocycles. The maximum atomic E-state index is 12.9. The second kappa shape index (κ2) is 9.28. The van der Waals surface area contributed by atoms with Crippen LogP contribution in [0.5, 0.6) is 0 Å². The van der Waals surface area contributed by atoms with E-state index in [1.54, 1.807) is 14.0 Å². The van der Waals surface area contributed by atoms with E-state index in [2.05, 4.69) is 5.32 Å². The van der Waals surface area contributed by atoms with Gasteiger partial charge in [0.15, 0.2) is 0 Å². The van der Waals surface area contributed by atoms with Gasteiger partial charge in [0.05, 0.1) is 37.8 Å². The molecule has 0 saturated carbocycles. The molecule has 118 valence electrons. The fraction of sp³-hybridized carbons (Fsp3) is 0.500. The number of methoxy groups -OCH3 is 1. The van der Waals surface area contributed by atoms with Crippen molar-refractivity contribution in [3.8, 4) is 0 Å². The molecule has 0 bridgehead atoms. The molecule has 1 rings (SSSR count). The number of halogens is 1. The SMILES string of the molecule is COCCOCCOC(C)C(=O)Nc1ccc(F)cc1N. The Kier molecular flexibility index (Phi) is 7.66. The minimum Gasteiger partial charge on any atom is -0.397 e. The number of hydrogen-bond acceptors (Lipinski definition) is 5. The second-order valence-corrected chi connectivity index (χ2v) is 4.34. The van der Waals surface area contributed by atoms with Gasteiger partial charge in [-0.3, -0.25) is 4.79 Å². The summed E-state index contributed by atoms with van der Waals surface area (Å²) in [6.07, 6.45) is -0.666. The summed E-state index contributed by atoms with van der Waals surface area (Å²) in [6, 6.07) is 3.77. The van der Waals surface area contributed by atoms with Crippen molar-refractivity contribution in [2.75, 3.05) is 44.6 Å². The topological polar surface area (TPSA) is 82.8 Å². The summed E-state index contributed by atoms with van der Waals surface area (Å²) in [4.78, 5) is 11.9. The lowest BCUT2D eigenvalue weighted by molar-refractivity contribution is -0.127. The van der Waals surface area contributed by atoms with Gasteiger partial charge in [0.2, 0.25) is 0 Å². The zero-order chi connectivity index (χ0) is 15.7. The predicted octanol–water partition coefficient (Wildman–Crippen LogP) is 1.41. The van der Waals surface area contributed by atoms with Crippen LogP contribution in [0, 0.1) is 5.82 Å². The summed E-state index contributed by atoms with van der Waals surface area (Å²) >= 11 is 0. The van der Waals surface area contributed by atoms with E-state index in [9.17, 15) is 9.18 Å². The van der Waals surface area contributed by atoms with Crippen molar-refractivity contribution in [1.29, 1.82) is 0 Å². The monoisotopic (exact) mass is 300 g/mol. The van der Waals surface area contributed by atoms with Gasteiger partial charge >= 0.3 is 0 Å². The Morgan fingerprint density at radius 1 is 1.33 bits per heavy atom. The molecule has 21 heavy (non-hydrogen) atoms. The number of nitrogens with two attached hydrogens (primary N) is 1. The first kappa shape index (κ1) is 17.4. The number of nitrogen functional groups attached to an aromatic ring is 1. The van der Waals surface area contributed by atoms with Gasteiger partial charge in [0.1, 0.15) is 11.9 Å². The standard InChI is InChI=1S/C14H21FN2O4/c1-10(21-8-7-20-6-5-19-2)14(18)17-13-4-3-11(15)9-12(13)16/h3-4,9-10H,5-8,16H2,1-2H3,(H,17,18). The van der Waals surface area contributed by atoms with E-state index >= 15 is 0 Å². The molecule has 0 radical (unpaired) electrons. The highest BCUT2D eigenvalue weighted by Crippen LogP contribution is 2.19. The summed E-state index contributed by atoms with van der Waals surface area (Å²) in [6.45, 7) is 3.27. The number of ether oxygens (including phenoxy) is 3. The fourth-order valence-electron chi connectivity index (χ4n) is 1.49. The number of nitrogens with one attached hydrogen (secondary N) is 1. The van der Waals surface area contributed by atoms with Crippen LogP contribution in [-0.2, 0) is 19.0 Å². The van der Waals surface area contributed by atoms with Gasteiger partial charge < -0.3 is 25.3 Å². The number of hydrogen-bond donors (Lipinski definition) is 2. The van der Waals surface area contributed by atoms with Crippen LogP contribution < -0.4 is 11.1 Å². The molecule has 0 fully saturated rings. The number of amides is 1. The molecule has 1 unspecified atom stereocenters. The Morgan fingerprint density at radius 3 is 2.71 bits per heavy atom. The van der Waals surface area contributed by atoms with Crippen molar-refractivity contribution in [3.05, 3.63) is 24.0 Å². The lowest BCUT2D eigenvalue weighted by atomic mass is 10.2. The Balaban J connectivity index is 2.30. The Labute approximate surface area is 123 Å². The Morgan fingerprint density at radius 2 is 2.05 bits per heavy atom. The molecule has 1 atom stereocenters. The summed E-state index contributed by atoms with van der Waals surface area (Å²) in [5, 5.41) is 2.58. The van der Waals surface area contributed by atoms with Gasteiger partial charge in [0, 0.05) is 7.11 Å². The highest BCUT2D eigenvalue weighted by Gasteiger charge is 2.14. The molecule has 0 heterocycles. The largest absolute Gasteiger partial charge is 0.397 e. The highest BCUT2D eigenvalue weighted by atomic mass is 19.1. The van der Waals surface area contributed by atoms with E-state index < -0.39 is 11.9 Å². The van der Waals surface area contributed by atoms with Crippen LogP contribution in [0.4, 0.5) is 15.8 Å². The van der Waals surface area contributed by atoms with E-state index in [0.717, 1.165) is 6.07 Å². The van der Waals surface area contributed by atoms with Crippen LogP contribution in [0.15, 0.2) is 18.2 Å². The number of carbonyl (C=O) groups excluding carboxylic acids is 1. The molecule has 1 aromatic rings. The molecule has 0 spiro atoms. The van der Waals surface area contributed by atoms with Gasteiger partial charge in [0.25, 0.3) is 5.91 Å². The average molecular weight is 300 g/mol. The third-order valence-corrected chi connectivity index (χ3v) is 2.67. The summed E-state index contributed by atoms with van der Waals surface area (Å²) in [7, 11) is 1.59. The maximum Gasteiger partial charge on any atom is 0.253 e. The molecule has 1 amide bonds. The third kappa shape index (κ3) is 6.52. The van der Waals surface area contributed by atoms with Crippen molar-refractivity contribution < 1.29 is 23.4 Å². The minimum atomic E-state index is -0.666. The van der Waals surface area contributed by atoms with Crippen molar-refractivity contribution >= 4 is 17.3 Å². The first-order valence-electron chi connectivity index (χ1n) is 6.58. The van der Waals surface area contributed by atoms with Crippen LogP contribution in [0.2, 0.25) is 0 Å². The molecule has 0 aromatic heterocycles. The molecular formula is C14H21FN2O4. The van der Waals surface area contributed by atoms with Gasteiger partial charge in [-0.05, 0) is 25.1 Å². The van der Waals surface area contributed by atoms with Gasteiger partial charge in [-0.1, -0.05) is 0 Å². The van der Waals surface area contributed by atoms with E-state index in [1.807, 2.05) is 0 Å². The van der Waals surface area contributed by atoms with E-state index in [4.69, 9.17) is 19.9 Å². The van der Waals surface area contributed by atoms with Crippen LogP contribution in [0.25, 0.3) is 0 Å². The second-order valence-electron chi connectivity index (χ2n) is 4.34. The average Bonchev–Trinajstić information content (AvgIpc) is 2.45. The first-order chi connectivity index (χ1) is 10.0. The van der Waals surface area contributed by atoms with Crippen LogP contribution in [0.1, 0.15) is 6.92 Å². The van der Waals surface area contributed by atoms with E-state index in [0.29, 0.717) is 25.5 Å². The molecule has 0 aliphatic rings. The third-order valence-electron chi connectivity index (χ3n) is 2.67. The quantitative estimate of drug-likeness (QED) is 0.532. The normalized spacial score (nSPS) is 12.1. The van der Waals surface area contributed by atoms with Crippen molar-refractivity contribution in [3.63, 3.8) is 0 Å². The first-order valence-corrected chi connectivity index (χ1v) is 6.58. The molecule has 0 saturated heterocycles. The molecular weight excluding hydrogens is 279 g/mol. The van der Waals surface area contributed by atoms with Gasteiger partial charge in [-0.2, -0.15) is 0 Å². The summed E-state index contributed by atoms with van der Waals surface area (Å²) in [5.41, 5.74) is 6.13. The summed E-state index contributed by atoms with van der Waals surface area (Å²) < 4.78 is 28.3. The van der Waals surface area contributed by atoms with E-state index in [1.165, 1.54) is 12.1 Å². The van der Waals surface area contributed by atoms with Crippen LogP contribution in [-0.4, -0.2) is 45.5 Å². The van der Waals surface area contributed by atoms with E-state index in [-0.39, 0.29) is 18.2 Å². The number of rotatable bonds is 9. The van der Waals surface area contributed by atoms with Gasteiger partial charge in [-0.15, -0.1) is 0 Å². The van der Waals surface area contributed by atoms with Crippen LogP contribution in [0.3, 0.4) is 0 Å². The zero-order valence-electron chi connectivity index (χ0n) is 12.2. The highest BCUT2D eigenvalue weighted by molar-refractivity contribution is 5.96. The minimum absolute atomic E-state index is 0.165. The molecule has 6 nitrogen and oxygen atoms in total. The number of benzene rings is 1. The molecule has 7 heteroatoms. The predicted molar refractivity (Wildman–Crippen MR) is 77.6 cm³/mol. The van der Waals surface area contributed by atoms with Crippen molar-refractivity contribution in [2.24, 2.45) is 0 Å². The lowest BCUT2D eigenvalue weighted by Crippen LogP contribution is -2.29. The Bertz CT molecular complexity index is 457.